The van der Waals surface area contributed by atoms with Gasteiger partial charge in [0.1, 0.15) is 0 Å². The smallest absolute Gasteiger partial charge is 0.276 e. The van der Waals surface area contributed by atoms with E-state index < -0.39 is 0 Å². The van der Waals surface area contributed by atoms with Crippen molar-refractivity contribution in [1.29, 1.82) is 0 Å². The summed E-state index contributed by atoms with van der Waals surface area (Å²) >= 11 is 0. The quantitative estimate of drug-likeness (QED) is 0.859. The number of nitrogen functional groups attached to an aromatic ring is 1. The number of H-pyrrole nitrogens is 1. The van der Waals surface area contributed by atoms with Gasteiger partial charge >= 0.3 is 0 Å². The predicted molar refractivity (Wildman–Crippen MR) is 71.3 cm³/mol. The number of nitrogens with one attached hydrogen (secondary N) is 1. The van der Waals surface area contributed by atoms with Crippen LogP contribution in [0.15, 0.2) is 0 Å². The number of hydrogen-bond acceptors (Lipinski definition) is 3. The van der Waals surface area contributed by atoms with Crippen molar-refractivity contribution in [3.05, 3.63) is 11.4 Å². The van der Waals surface area contributed by atoms with Crippen LogP contribution in [0.25, 0.3) is 0 Å². The molecule has 5 heteroatoms. The molecule has 1 unspecified atom stereocenters. The summed E-state index contributed by atoms with van der Waals surface area (Å²) in [4.78, 5) is 14.4. The summed E-state index contributed by atoms with van der Waals surface area (Å²) in [6, 6.07) is 0.318. The first kappa shape index (κ1) is 12.9. The number of amides is 1. The maximum absolute atomic E-state index is 12.5. The summed E-state index contributed by atoms with van der Waals surface area (Å²) in [5, 5.41) is 6.93. The molecule has 1 amide bonds. The highest BCUT2D eigenvalue weighted by Gasteiger charge is 2.33. The lowest BCUT2D eigenvalue weighted by molar-refractivity contribution is 0.0696. The fourth-order valence-electron chi connectivity index (χ4n) is 2.69. The van der Waals surface area contributed by atoms with Crippen LogP contribution >= 0.6 is 0 Å². The molecule has 0 aromatic carbocycles. The molecule has 5 nitrogen and oxygen atoms in total. The zero-order chi connectivity index (χ0) is 13.3. The molecule has 0 aliphatic carbocycles. The maximum Gasteiger partial charge on any atom is 0.276 e. The zero-order valence-corrected chi connectivity index (χ0v) is 11.4. The largest absolute Gasteiger partial charge is 0.395 e. The summed E-state index contributed by atoms with van der Waals surface area (Å²) in [6.07, 6.45) is 2.91. The van der Waals surface area contributed by atoms with Gasteiger partial charge in [0.2, 0.25) is 0 Å². The van der Waals surface area contributed by atoms with Crippen LogP contribution in [0.4, 0.5) is 5.69 Å². The van der Waals surface area contributed by atoms with Crippen molar-refractivity contribution in [2.75, 3.05) is 12.3 Å². The number of aromatic nitrogens is 2. The Balaban J connectivity index is 2.22. The summed E-state index contributed by atoms with van der Waals surface area (Å²) in [7, 11) is 0. The number of aromatic amines is 1. The molecule has 1 aromatic rings. The third kappa shape index (κ3) is 2.09. The van der Waals surface area contributed by atoms with Crippen LogP contribution in [0.1, 0.15) is 49.8 Å². The van der Waals surface area contributed by atoms with Crippen molar-refractivity contribution in [2.45, 2.75) is 46.1 Å². The van der Waals surface area contributed by atoms with Crippen molar-refractivity contribution in [1.82, 2.24) is 15.1 Å². The van der Waals surface area contributed by atoms with E-state index in [4.69, 9.17) is 5.73 Å². The van der Waals surface area contributed by atoms with Crippen molar-refractivity contribution < 1.29 is 4.79 Å². The summed E-state index contributed by atoms with van der Waals surface area (Å²) < 4.78 is 0. The van der Waals surface area contributed by atoms with E-state index in [-0.39, 0.29) is 5.91 Å². The van der Waals surface area contributed by atoms with Crippen molar-refractivity contribution in [2.24, 2.45) is 5.92 Å². The van der Waals surface area contributed by atoms with Crippen molar-refractivity contribution in [3.63, 3.8) is 0 Å². The number of hydrogen-bond donors (Lipinski definition) is 2. The van der Waals surface area contributed by atoms with Gasteiger partial charge in [-0.25, -0.2) is 0 Å². The van der Waals surface area contributed by atoms with Crippen LogP contribution in [-0.2, 0) is 6.42 Å². The first-order chi connectivity index (χ1) is 8.56. The molecule has 1 aliphatic rings. The average molecular weight is 250 g/mol. The standard InChI is InChI=1S/C13H22N4O/c1-4-9-11(14)12(16-15-9)13(18)17-7-5-6-10(17)8(2)3/h8,10H,4-7,14H2,1-3H3,(H,15,16). The Bertz CT molecular complexity index is 438. The predicted octanol–water partition coefficient (Wildman–Crippen LogP) is 1.81. The minimum Gasteiger partial charge on any atom is -0.395 e. The number of carbonyl (C=O) groups excluding carboxylic acids is 1. The maximum atomic E-state index is 12.5. The van der Waals surface area contributed by atoms with Crippen molar-refractivity contribution in [3.8, 4) is 0 Å². The zero-order valence-electron chi connectivity index (χ0n) is 11.4. The molecule has 3 N–H and O–H groups in total. The van der Waals surface area contributed by atoms with Crippen molar-refractivity contribution >= 4 is 11.6 Å². The van der Waals surface area contributed by atoms with Gasteiger partial charge in [-0.3, -0.25) is 9.89 Å². The van der Waals surface area contributed by atoms with Crippen LogP contribution < -0.4 is 5.73 Å². The SMILES string of the molecule is CCc1[nH]nc(C(=O)N2CCCC2C(C)C)c1N. The van der Waals surface area contributed by atoms with Crippen LogP contribution in [0.2, 0.25) is 0 Å². The fourth-order valence-corrected chi connectivity index (χ4v) is 2.69. The molecule has 1 aliphatic heterocycles. The Morgan fingerprint density at radius 2 is 2.33 bits per heavy atom. The van der Waals surface area contributed by atoms with Crippen LogP contribution in [0, 0.1) is 5.92 Å². The number of anilines is 1. The molecule has 0 spiro atoms. The minimum absolute atomic E-state index is 0.0281. The first-order valence-electron chi connectivity index (χ1n) is 6.69. The van der Waals surface area contributed by atoms with Gasteiger partial charge in [0.25, 0.3) is 5.91 Å². The molecule has 0 saturated carbocycles. The Kier molecular flexibility index (Phi) is 3.59. The lowest BCUT2D eigenvalue weighted by Crippen LogP contribution is -2.39. The molecule has 2 heterocycles. The Labute approximate surface area is 108 Å². The van der Waals surface area contributed by atoms with Crippen LogP contribution in [0.3, 0.4) is 0 Å². The Morgan fingerprint density at radius 1 is 1.61 bits per heavy atom. The lowest BCUT2D eigenvalue weighted by Gasteiger charge is -2.27. The summed E-state index contributed by atoms with van der Waals surface area (Å²) in [6.45, 7) is 7.11. The number of aryl methyl sites for hydroxylation is 1. The molecule has 18 heavy (non-hydrogen) atoms. The lowest BCUT2D eigenvalue weighted by atomic mass is 10.0. The second kappa shape index (κ2) is 5.00. The van der Waals surface area contributed by atoms with E-state index in [0.29, 0.717) is 23.3 Å². The Morgan fingerprint density at radius 3 is 2.89 bits per heavy atom. The normalized spacial score (nSPS) is 19.8. The third-order valence-corrected chi connectivity index (χ3v) is 3.77. The highest BCUT2D eigenvalue weighted by Crippen LogP contribution is 2.27. The van der Waals surface area contributed by atoms with E-state index in [9.17, 15) is 4.79 Å². The molecule has 100 valence electrons. The molecule has 1 atom stereocenters. The molecule has 2 rings (SSSR count). The second-order valence-electron chi connectivity index (χ2n) is 5.27. The molecule has 0 bridgehead atoms. The van der Waals surface area contributed by atoms with E-state index in [1.807, 2.05) is 11.8 Å². The average Bonchev–Trinajstić information content (AvgIpc) is 2.94. The van der Waals surface area contributed by atoms with Gasteiger partial charge in [-0.2, -0.15) is 5.10 Å². The van der Waals surface area contributed by atoms with Crippen LogP contribution in [-0.4, -0.2) is 33.6 Å². The van der Waals surface area contributed by atoms with E-state index in [1.165, 1.54) is 0 Å². The molecular formula is C13H22N4O. The summed E-state index contributed by atoms with van der Waals surface area (Å²) in [5.41, 5.74) is 7.71. The number of carbonyl (C=O) groups is 1. The van der Waals surface area contributed by atoms with Gasteiger partial charge in [0, 0.05) is 12.6 Å². The monoisotopic (exact) mass is 250 g/mol. The molecule has 0 radical (unpaired) electrons. The number of rotatable bonds is 3. The minimum atomic E-state index is -0.0281. The van der Waals surface area contributed by atoms with Gasteiger partial charge in [-0.1, -0.05) is 20.8 Å². The number of nitrogens with zero attached hydrogens (tertiary/aromatic N) is 2. The Hall–Kier alpha value is -1.52. The van der Waals surface area contributed by atoms with E-state index in [2.05, 4.69) is 24.0 Å². The third-order valence-electron chi connectivity index (χ3n) is 3.77. The first-order valence-corrected chi connectivity index (χ1v) is 6.69. The highest BCUT2D eigenvalue weighted by atomic mass is 16.2. The van der Waals surface area contributed by atoms with Gasteiger partial charge < -0.3 is 10.6 Å². The second-order valence-corrected chi connectivity index (χ2v) is 5.27. The van der Waals surface area contributed by atoms with E-state index in [0.717, 1.165) is 31.5 Å². The van der Waals surface area contributed by atoms with Gasteiger partial charge in [-0.05, 0) is 25.2 Å². The molecule has 1 aromatic heterocycles. The summed E-state index contributed by atoms with van der Waals surface area (Å²) in [5.74, 6) is 0.446. The van der Waals surface area contributed by atoms with Gasteiger partial charge in [-0.15, -0.1) is 0 Å². The fraction of sp³-hybridized carbons (Fsp3) is 0.692. The molecular weight excluding hydrogens is 228 g/mol. The van der Waals surface area contributed by atoms with Gasteiger partial charge in [0.15, 0.2) is 5.69 Å². The topological polar surface area (TPSA) is 75.0 Å². The van der Waals surface area contributed by atoms with E-state index >= 15 is 0 Å². The highest BCUT2D eigenvalue weighted by molar-refractivity contribution is 5.98. The molecule has 1 fully saturated rings. The number of likely N-dealkylation sites (tertiary alicyclic amines) is 1. The van der Waals surface area contributed by atoms with Gasteiger partial charge in [0.05, 0.1) is 11.4 Å². The van der Waals surface area contributed by atoms with Crippen LogP contribution in [0.5, 0.6) is 0 Å². The van der Waals surface area contributed by atoms with E-state index in [1.54, 1.807) is 0 Å². The number of nitrogens with two attached hydrogens (primary N) is 1. The molecule has 1 saturated heterocycles.